The van der Waals surface area contributed by atoms with E-state index in [0.717, 1.165) is 11.5 Å². The summed E-state index contributed by atoms with van der Waals surface area (Å²) in [7, 11) is 0. The van der Waals surface area contributed by atoms with E-state index >= 15 is 0 Å². The van der Waals surface area contributed by atoms with E-state index in [2.05, 4.69) is 6.92 Å². The molecule has 0 aromatic heterocycles. The van der Waals surface area contributed by atoms with Crippen LogP contribution >= 0.6 is 0 Å². The first-order valence-electron chi connectivity index (χ1n) is 3.73. The molecule has 0 amide bonds. The highest BCUT2D eigenvalue weighted by Crippen LogP contribution is 2.20. The van der Waals surface area contributed by atoms with Crippen molar-refractivity contribution in [2.24, 2.45) is 5.92 Å². The van der Waals surface area contributed by atoms with Gasteiger partial charge in [0.1, 0.15) is 0 Å². The first-order chi connectivity index (χ1) is 4.33. The average Bonchev–Trinajstić information content (AvgIpc) is 2.17. The van der Waals surface area contributed by atoms with Gasteiger partial charge in [0.2, 0.25) is 0 Å². The second-order valence-corrected chi connectivity index (χ2v) is 2.81. The molecule has 1 nitrogen and oxygen atoms in total. The summed E-state index contributed by atoms with van der Waals surface area (Å²) in [6.45, 7) is 3.49. The Morgan fingerprint density at radius 2 is 2.44 bits per heavy atom. The highest BCUT2D eigenvalue weighted by Gasteiger charge is 2.20. The zero-order chi connectivity index (χ0) is 6.69. The first-order valence-corrected chi connectivity index (χ1v) is 3.73. The van der Waals surface area contributed by atoms with Crippen LogP contribution < -0.4 is 0 Å². The highest BCUT2D eigenvalue weighted by molar-refractivity contribution is 4.69. The molecule has 0 radical (unpaired) electrons. The van der Waals surface area contributed by atoms with Crippen LogP contribution in [0.4, 0.5) is 4.48 Å². The van der Waals surface area contributed by atoms with Gasteiger partial charge in [0.05, 0.1) is 0 Å². The van der Waals surface area contributed by atoms with E-state index in [0.29, 0.717) is 19.0 Å². The molecule has 1 saturated heterocycles. The van der Waals surface area contributed by atoms with Gasteiger partial charge in [-0.05, 0) is 18.8 Å². The fraction of sp³-hybridized carbons (Fsp3) is 1.00. The van der Waals surface area contributed by atoms with Crippen LogP contribution in [0, 0.1) is 5.92 Å². The fourth-order valence-corrected chi connectivity index (χ4v) is 1.43. The van der Waals surface area contributed by atoms with Crippen molar-refractivity contribution < 1.29 is 4.48 Å². The van der Waals surface area contributed by atoms with Crippen molar-refractivity contribution in [1.29, 1.82) is 0 Å². The van der Waals surface area contributed by atoms with Crippen molar-refractivity contribution in [2.45, 2.75) is 26.2 Å². The second-order valence-electron chi connectivity index (χ2n) is 2.81. The van der Waals surface area contributed by atoms with Gasteiger partial charge in [-0.1, -0.05) is 13.3 Å². The van der Waals surface area contributed by atoms with E-state index in [1.165, 1.54) is 12.8 Å². The van der Waals surface area contributed by atoms with Crippen LogP contribution in [-0.4, -0.2) is 18.2 Å². The minimum Gasteiger partial charge on any atom is -0.146 e. The Hall–Kier alpha value is -0.110. The molecule has 0 aliphatic carbocycles. The van der Waals surface area contributed by atoms with Gasteiger partial charge < -0.3 is 0 Å². The minimum atomic E-state index is 0.639. The molecular weight excluding hydrogens is 117 g/mol. The number of nitrogens with zero attached hydrogens (tertiary/aromatic N) is 1. The zero-order valence-electron chi connectivity index (χ0n) is 5.94. The fourth-order valence-electron chi connectivity index (χ4n) is 1.43. The standard InChI is InChI=1S/C7H14FN/c1-2-3-7-4-5-9(8)6-7/h7H,2-6H2,1H3. The molecule has 1 aliphatic heterocycles. The van der Waals surface area contributed by atoms with E-state index < -0.39 is 0 Å². The van der Waals surface area contributed by atoms with E-state index in [1.54, 1.807) is 0 Å². The minimum absolute atomic E-state index is 0.639. The quantitative estimate of drug-likeness (QED) is 0.518. The van der Waals surface area contributed by atoms with Gasteiger partial charge in [-0.25, -0.2) is 0 Å². The maximum Gasteiger partial charge on any atom is 0.0319 e. The molecule has 0 aromatic carbocycles. The summed E-state index contributed by atoms with van der Waals surface area (Å²) in [6, 6.07) is 0. The molecule has 1 rings (SSSR count). The van der Waals surface area contributed by atoms with Crippen molar-refractivity contribution in [1.82, 2.24) is 5.12 Å². The molecule has 1 unspecified atom stereocenters. The molecule has 1 heterocycles. The molecule has 1 fully saturated rings. The van der Waals surface area contributed by atoms with Crippen LogP contribution in [0.2, 0.25) is 0 Å². The molecule has 9 heavy (non-hydrogen) atoms. The molecule has 1 atom stereocenters. The maximum absolute atomic E-state index is 12.3. The zero-order valence-corrected chi connectivity index (χ0v) is 5.94. The van der Waals surface area contributed by atoms with Gasteiger partial charge in [-0.15, -0.1) is 9.60 Å². The predicted octanol–water partition coefficient (Wildman–Crippen LogP) is 1.99. The summed E-state index contributed by atoms with van der Waals surface area (Å²) in [4.78, 5) is 0. The van der Waals surface area contributed by atoms with Crippen LogP contribution in [0.1, 0.15) is 26.2 Å². The molecular formula is C7H14FN. The Bertz CT molecular complexity index is 83.0. The van der Waals surface area contributed by atoms with Crippen molar-refractivity contribution >= 4 is 0 Å². The average molecular weight is 131 g/mol. The van der Waals surface area contributed by atoms with E-state index in [9.17, 15) is 4.48 Å². The summed E-state index contributed by atoms with van der Waals surface area (Å²) in [5.41, 5.74) is 0. The van der Waals surface area contributed by atoms with Crippen LogP contribution in [0.25, 0.3) is 0 Å². The van der Waals surface area contributed by atoms with Crippen molar-refractivity contribution in [3.63, 3.8) is 0 Å². The van der Waals surface area contributed by atoms with Crippen molar-refractivity contribution in [3.8, 4) is 0 Å². The number of hydrogen-bond donors (Lipinski definition) is 0. The van der Waals surface area contributed by atoms with E-state index in [-0.39, 0.29) is 0 Å². The third kappa shape index (κ3) is 1.94. The SMILES string of the molecule is CCCC1CCN(F)C1. The first kappa shape index (κ1) is 7.00. The molecule has 0 bridgehead atoms. The topological polar surface area (TPSA) is 3.24 Å². The van der Waals surface area contributed by atoms with E-state index in [1.807, 2.05) is 0 Å². The van der Waals surface area contributed by atoms with Gasteiger partial charge in [-0.2, -0.15) is 0 Å². The normalized spacial score (nSPS) is 29.3. The summed E-state index contributed by atoms with van der Waals surface area (Å²) in [6.07, 6.45) is 3.45. The smallest absolute Gasteiger partial charge is 0.0319 e. The lowest BCUT2D eigenvalue weighted by Crippen LogP contribution is -2.08. The molecule has 2 heteroatoms. The molecule has 0 spiro atoms. The number of halogens is 1. The van der Waals surface area contributed by atoms with Gasteiger partial charge in [0.25, 0.3) is 0 Å². The summed E-state index contributed by atoms with van der Waals surface area (Å²) in [5, 5.41) is 0.931. The van der Waals surface area contributed by atoms with Gasteiger partial charge in [0.15, 0.2) is 0 Å². The van der Waals surface area contributed by atoms with Crippen LogP contribution in [-0.2, 0) is 0 Å². The van der Waals surface area contributed by atoms with Crippen molar-refractivity contribution in [3.05, 3.63) is 0 Å². The Balaban J connectivity index is 2.14. The van der Waals surface area contributed by atoms with Crippen LogP contribution in [0.5, 0.6) is 0 Å². The monoisotopic (exact) mass is 131 g/mol. The molecule has 54 valence electrons. The Kier molecular flexibility index (Phi) is 2.46. The largest absolute Gasteiger partial charge is 0.146 e. The van der Waals surface area contributed by atoms with Crippen LogP contribution in [0.3, 0.4) is 0 Å². The lowest BCUT2D eigenvalue weighted by Gasteiger charge is -2.04. The Morgan fingerprint density at radius 1 is 1.67 bits per heavy atom. The highest BCUT2D eigenvalue weighted by atomic mass is 19.2. The summed E-state index contributed by atoms with van der Waals surface area (Å²) in [5.74, 6) is 0.639. The predicted molar refractivity (Wildman–Crippen MR) is 35.7 cm³/mol. The Labute approximate surface area is 55.8 Å². The summed E-state index contributed by atoms with van der Waals surface area (Å²) < 4.78 is 12.3. The van der Waals surface area contributed by atoms with Crippen molar-refractivity contribution in [2.75, 3.05) is 13.1 Å². The molecule has 0 saturated carbocycles. The Morgan fingerprint density at radius 3 is 2.89 bits per heavy atom. The third-order valence-corrected chi connectivity index (χ3v) is 1.93. The van der Waals surface area contributed by atoms with E-state index in [4.69, 9.17) is 0 Å². The third-order valence-electron chi connectivity index (χ3n) is 1.93. The lowest BCUT2D eigenvalue weighted by molar-refractivity contribution is 0.0517. The van der Waals surface area contributed by atoms with Gasteiger partial charge in [0, 0.05) is 13.1 Å². The molecule has 0 aromatic rings. The molecule has 0 N–H and O–H groups in total. The molecule has 1 aliphatic rings. The lowest BCUT2D eigenvalue weighted by atomic mass is 10.0. The number of hydrogen-bond acceptors (Lipinski definition) is 1. The maximum atomic E-state index is 12.3. The van der Waals surface area contributed by atoms with Gasteiger partial charge in [-0.3, -0.25) is 0 Å². The second kappa shape index (κ2) is 3.16. The number of rotatable bonds is 2. The van der Waals surface area contributed by atoms with Gasteiger partial charge >= 0.3 is 0 Å². The van der Waals surface area contributed by atoms with Crippen LogP contribution in [0.15, 0.2) is 0 Å². The summed E-state index contributed by atoms with van der Waals surface area (Å²) >= 11 is 0.